The lowest BCUT2D eigenvalue weighted by Crippen LogP contribution is -2.57. The molecular formula is C20H20N4OS. The summed E-state index contributed by atoms with van der Waals surface area (Å²) in [4.78, 5) is 19.3. The molecule has 3 saturated heterocycles. The largest absolute Gasteiger partial charge is 0.346 e. The number of amides is 1. The monoisotopic (exact) mass is 364 g/mol. The molecule has 2 aromatic heterocycles. The highest BCUT2D eigenvalue weighted by Gasteiger charge is 2.35. The second kappa shape index (κ2) is 6.45. The summed E-state index contributed by atoms with van der Waals surface area (Å²) in [6, 6.07) is 10.4. The highest BCUT2D eigenvalue weighted by atomic mass is 32.1. The van der Waals surface area contributed by atoms with Crippen molar-refractivity contribution in [3.63, 3.8) is 0 Å². The normalized spacial score (nSPS) is 24.7. The van der Waals surface area contributed by atoms with E-state index < -0.39 is 0 Å². The average molecular weight is 364 g/mol. The number of nitrogens with one attached hydrogen (secondary N) is 1. The molecule has 3 aliphatic rings. The van der Waals surface area contributed by atoms with Gasteiger partial charge in [0.15, 0.2) is 0 Å². The van der Waals surface area contributed by atoms with Gasteiger partial charge in [0.1, 0.15) is 5.69 Å². The van der Waals surface area contributed by atoms with E-state index in [9.17, 15) is 4.79 Å². The van der Waals surface area contributed by atoms with Crippen LogP contribution < -0.4 is 5.32 Å². The summed E-state index contributed by atoms with van der Waals surface area (Å²) in [5, 5.41) is 4.18. The van der Waals surface area contributed by atoms with Gasteiger partial charge in [-0.05, 0) is 72.7 Å². The van der Waals surface area contributed by atoms with Crippen LogP contribution in [0.5, 0.6) is 0 Å². The summed E-state index contributed by atoms with van der Waals surface area (Å²) < 4.78 is 5.50. The van der Waals surface area contributed by atoms with Crippen molar-refractivity contribution in [2.45, 2.75) is 18.9 Å². The first-order valence-corrected chi connectivity index (χ1v) is 9.88. The molecule has 132 valence electrons. The minimum Gasteiger partial charge on any atom is -0.346 e. The van der Waals surface area contributed by atoms with E-state index in [1.807, 2.05) is 18.2 Å². The van der Waals surface area contributed by atoms with Gasteiger partial charge in [-0.1, -0.05) is 12.1 Å². The first kappa shape index (κ1) is 15.9. The quantitative estimate of drug-likeness (QED) is 0.775. The Labute approximate surface area is 156 Å². The summed E-state index contributed by atoms with van der Waals surface area (Å²) in [5.41, 5.74) is 2.80. The van der Waals surface area contributed by atoms with Crippen molar-refractivity contribution in [1.29, 1.82) is 0 Å². The zero-order valence-corrected chi connectivity index (χ0v) is 15.2. The average Bonchev–Trinajstić information content (AvgIpc) is 3.13. The fourth-order valence-corrected chi connectivity index (χ4v) is 5.00. The molecule has 6 rings (SSSR count). The molecular weight excluding hydrogens is 344 g/mol. The number of benzene rings is 1. The second-order valence-electron chi connectivity index (χ2n) is 7.20. The van der Waals surface area contributed by atoms with Crippen LogP contribution >= 0.6 is 11.5 Å². The molecule has 3 aromatic rings. The number of hydrogen-bond donors (Lipinski definition) is 1. The van der Waals surface area contributed by atoms with Gasteiger partial charge >= 0.3 is 0 Å². The number of rotatable bonds is 3. The Morgan fingerprint density at radius 1 is 1.12 bits per heavy atom. The van der Waals surface area contributed by atoms with Crippen LogP contribution in [0.3, 0.4) is 0 Å². The van der Waals surface area contributed by atoms with E-state index in [2.05, 4.69) is 31.7 Å². The lowest BCUT2D eigenvalue weighted by molar-refractivity contribution is 0.0619. The Hall–Kier alpha value is -2.31. The van der Waals surface area contributed by atoms with Crippen LogP contribution in [0.4, 0.5) is 0 Å². The van der Waals surface area contributed by atoms with E-state index in [0.29, 0.717) is 11.6 Å². The van der Waals surface area contributed by atoms with E-state index in [4.69, 9.17) is 0 Å². The molecule has 1 N–H and O–H groups in total. The lowest BCUT2D eigenvalue weighted by Gasteiger charge is -2.44. The third-order valence-electron chi connectivity index (χ3n) is 5.67. The van der Waals surface area contributed by atoms with Crippen molar-refractivity contribution in [1.82, 2.24) is 19.6 Å². The molecule has 5 nitrogen and oxygen atoms in total. The molecule has 1 aromatic carbocycles. The predicted molar refractivity (Wildman–Crippen MR) is 103 cm³/mol. The Balaban J connectivity index is 1.40. The molecule has 5 heterocycles. The van der Waals surface area contributed by atoms with Crippen molar-refractivity contribution in [3.05, 3.63) is 48.4 Å². The summed E-state index contributed by atoms with van der Waals surface area (Å²) >= 11 is 1.39. The maximum Gasteiger partial charge on any atom is 0.271 e. The molecule has 6 heteroatoms. The maximum absolute atomic E-state index is 12.8. The molecule has 0 radical (unpaired) electrons. The first-order valence-electron chi connectivity index (χ1n) is 9.11. The highest BCUT2D eigenvalue weighted by molar-refractivity contribution is 7.13. The van der Waals surface area contributed by atoms with Gasteiger partial charge in [-0.3, -0.25) is 9.78 Å². The third-order valence-corrected chi connectivity index (χ3v) is 6.48. The van der Waals surface area contributed by atoms with Crippen LogP contribution in [0.25, 0.3) is 21.2 Å². The fraction of sp³-hybridized carbons (Fsp3) is 0.350. The van der Waals surface area contributed by atoms with E-state index in [1.165, 1.54) is 37.5 Å². The molecule has 0 spiro atoms. The summed E-state index contributed by atoms with van der Waals surface area (Å²) in [6.45, 7) is 3.33. The number of carbonyl (C=O) groups excluding carboxylic acids is 1. The Bertz CT molecular complexity index is 947. The molecule has 0 aliphatic carbocycles. The number of hydrogen-bond acceptors (Lipinski definition) is 5. The summed E-state index contributed by atoms with van der Waals surface area (Å²) in [7, 11) is 0. The van der Waals surface area contributed by atoms with Gasteiger partial charge in [-0.2, -0.15) is 4.37 Å². The van der Waals surface area contributed by atoms with Gasteiger partial charge in [-0.25, -0.2) is 0 Å². The van der Waals surface area contributed by atoms with E-state index in [-0.39, 0.29) is 11.9 Å². The first-order chi connectivity index (χ1) is 12.8. The number of nitrogens with zero attached hydrogens (tertiary/aromatic N) is 3. The Morgan fingerprint density at radius 3 is 2.65 bits per heavy atom. The predicted octanol–water partition coefficient (Wildman–Crippen LogP) is 3.18. The van der Waals surface area contributed by atoms with Gasteiger partial charge in [-0.15, -0.1) is 0 Å². The van der Waals surface area contributed by atoms with Gasteiger partial charge in [0.2, 0.25) is 0 Å². The molecule has 0 saturated carbocycles. The van der Waals surface area contributed by atoms with Crippen LogP contribution in [-0.4, -0.2) is 45.8 Å². The minimum absolute atomic E-state index is 0.0355. The molecule has 3 aliphatic heterocycles. The number of carbonyl (C=O) groups is 1. The van der Waals surface area contributed by atoms with Crippen molar-refractivity contribution in [2.24, 2.45) is 5.92 Å². The van der Waals surface area contributed by atoms with Gasteiger partial charge in [0.25, 0.3) is 5.91 Å². The smallest absolute Gasteiger partial charge is 0.271 e. The molecule has 0 unspecified atom stereocenters. The van der Waals surface area contributed by atoms with Crippen LogP contribution in [-0.2, 0) is 0 Å². The third kappa shape index (κ3) is 2.79. The maximum atomic E-state index is 12.8. The zero-order chi connectivity index (χ0) is 17.5. The fourth-order valence-electron chi connectivity index (χ4n) is 4.19. The number of fused-ring (bicyclic) bond motifs is 4. The van der Waals surface area contributed by atoms with Gasteiger partial charge < -0.3 is 10.2 Å². The molecule has 2 bridgehead atoms. The van der Waals surface area contributed by atoms with Crippen LogP contribution in [0, 0.1) is 5.92 Å². The van der Waals surface area contributed by atoms with Crippen molar-refractivity contribution < 1.29 is 4.79 Å². The Kier molecular flexibility index (Phi) is 3.94. The number of pyridine rings is 1. The topological polar surface area (TPSA) is 58.1 Å². The molecule has 3 fully saturated rings. The van der Waals surface area contributed by atoms with Crippen LogP contribution in [0.2, 0.25) is 0 Å². The molecule has 1 atom stereocenters. The summed E-state index contributed by atoms with van der Waals surface area (Å²) in [5.74, 6) is 0.582. The second-order valence-corrected chi connectivity index (χ2v) is 8.00. The van der Waals surface area contributed by atoms with E-state index in [0.717, 1.165) is 27.8 Å². The standard InChI is InChI=1S/C20H20N4OS/c25-20(22-17-12-24-9-5-14(17)6-10-24)19-16-2-1-15(11-18(16)26-23-19)13-3-7-21-8-4-13/h1-4,7-8,11,14,17H,5-6,9-10,12H2,(H,22,25)/t17-/m0/s1. The molecule has 1 amide bonds. The van der Waals surface area contributed by atoms with Crippen molar-refractivity contribution in [2.75, 3.05) is 19.6 Å². The molecule has 26 heavy (non-hydrogen) atoms. The lowest BCUT2D eigenvalue weighted by atomic mass is 9.84. The minimum atomic E-state index is -0.0355. The summed E-state index contributed by atoms with van der Waals surface area (Å²) in [6.07, 6.45) is 5.97. The zero-order valence-electron chi connectivity index (χ0n) is 14.4. The Morgan fingerprint density at radius 2 is 1.92 bits per heavy atom. The number of aromatic nitrogens is 2. The van der Waals surface area contributed by atoms with E-state index in [1.54, 1.807) is 12.4 Å². The van der Waals surface area contributed by atoms with Crippen molar-refractivity contribution >= 4 is 27.5 Å². The highest BCUT2D eigenvalue weighted by Crippen LogP contribution is 2.30. The van der Waals surface area contributed by atoms with Crippen molar-refractivity contribution in [3.8, 4) is 11.1 Å². The van der Waals surface area contributed by atoms with Crippen LogP contribution in [0.1, 0.15) is 23.3 Å². The number of piperidine rings is 3. The van der Waals surface area contributed by atoms with Gasteiger partial charge in [0, 0.05) is 30.4 Å². The van der Waals surface area contributed by atoms with E-state index >= 15 is 0 Å². The van der Waals surface area contributed by atoms with Crippen LogP contribution in [0.15, 0.2) is 42.7 Å². The van der Waals surface area contributed by atoms with Gasteiger partial charge in [0.05, 0.1) is 4.70 Å². The SMILES string of the molecule is O=C(N[C@H]1CN2CCC1CC2)c1nsc2cc(-c3ccncc3)ccc12.